The van der Waals surface area contributed by atoms with Gasteiger partial charge in [-0.1, -0.05) is 25.0 Å². The minimum absolute atomic E-state index is 0.0451. The lowest BCUT2D eigenvalue weighted by atomic mass is 9.89. The summed E-state index contributed by atoms with van der Waals surface area (Å²) in [6, 6.07) is 9.67. The van der Waals surface area contributed by atoms with Gasteiger partial charge in [-0.3, -0.25) is 4.79 Å². The molecule has 2 fully saturated rings. The van der Waals surface area contributed by atoms with E-state index < -0.39 is 11.5 Å². The van der Waals surface area contributed by atoms with Gasteiger partial charge >= 0.3 is 5.97 Å². The number of methoxy groups -OCH3 is 1. The van der Waals surface area contributed by atoms with Gasteiger partial charge < -0.3 is 24.6 Å². The summed E-state index contributed by atoms with van der Waals surface area (Å²) in [7, 11) is 1.58. The maximum absolute atomic E-state index is 12.2. The van der Waals surface area contributed by atoms with E-state index >= 15 is 0 Å². The van der Waals surface area contributed by atoms with Crippen LogP contribution in [0.2, 0.25) is 0 Å². The lowest BCUT2D eigenvalue weighted by Crippen LogP contribution is -2.50. The molecule has 2 aliphatic rings. The van der Waals surface area contributed by atoms with Crippen molar-refractivity contribution >= 4 is 17.4 Å². The fourth-order valence-electron chi connectivity index (χ4n) is 5.23. The van der Waals surface area contributed by atoms with Crippen LogP contribution in [0, 0.1) is 6.92 Å². The number of hydrogen-bond donors (Lipinski definition) is 2. The summed E-state index contributed by atoms with van der Waals surface area (Å²) in [6.07, 6.45) is 5.55. The van der Waals surface area contributed by atoms with E-state index in [1.807, 2.05) is 31.2 Å². The van der Waals surface area contributed by atoms with Crippen LogP contribution in [0.3, 0.4) is 0 Å². The summed E-state index contributed by atoms with van der Waals surface area (Å²) < 4.78 is 17.3. The first-order chi connectivity index (χ1) is 16.8. The van der Waals surface area contributed by atoms with E-state index in [0.29, 0.717) is 44.0 Å². The Kier molecular flexibility index (Phi) is 7.77. The molecule has 0 bridgehead atoms. The smallest absolute Gasteiger partial charge is 0.329 e. The standard InChI is InChI=1S/C28H35NO6/c1-18-23(10-11-24(19(2)30)26(18)33-3)25-9-8-21(16-20(25)17-35-22-6-4-5-7-22)29-28(27(31)32)12-14-34-15-13-28/h8-11,16,22,29H,4-7,12-15,17H2,1-3H3,(H,31,32). The van der Waals surface area contributed by atoms with Crippen molar-refractivity contribution in [1.29, 1.82) is 0 Å². The Morgan fingerprint density at radius 1 is 1.11 bits per heavy atom. The van der Waals surface area contributed by atoms with Crippen LogP contribution in [0.1, 0.15) is 66.9 Å². The van der Waals surface area contributed by atoms with Crippen LogP contribution in [0.4, 0.5) is 5.69 Å². The molecule has 0 unspecified atom stereocenters. The molecule has 1 aliphatic heterocycles. The summed E-state index contributed by atoms with van der Waals surface area (Å²) in [5, 5.41) is 13.3. The Hall–Kier alpha value is -2.90. The Labute approximate surface area is 206 Å². The molecule has 4 rings (SSSR count). The Morgan fingerprint density at radius 3 is 2.43 bits per heavy atom. The molecule has 1 aliphatic carbocycles. The molecule has 7 heteroatoms. The highest BCUT2D eigenvalue weighted by atomic mass is 16.5. The van der Waals surface area contributed by atoms with Gasteiger partial charge in [0.25, 0.3) is 0 Å². The number of nitrogens with one attached hydrogen (secondary N) is 1. The molecule has 35 heavy (non-hydrogen) atoms. The van der Waals surface area contributed by atoms with E-state index in [4.69, 9.17) is 14.2 Å². The van der Waals surface area contributed by atoms with Crippen LogP contribution < -0.4 is 10.1 Å². The number of ketones is 1. The highest BCUT2D eigenvalue weighted by Gasteiger charge is 2.40. The van der Waals surface area contributed by atoms with E-state index in [1.54, 1.807) is 13.2 Å². The van der Waals surface area contributed by atoms with Gasteiger partial charge in [-0.25, -0.2) is 4.79 Å². The van der Waals surface area contributed by atoms with Crippen molar-refractivity contribution in [1.82, 2.24) is 0 Å². The molecule has 0 aromatic heterocycles. The second-order valence-electron chi connectivity index (χ2n) is 9.59. The SMILES string of the molecule is COc1c(C(C)=O)ccc(-c2ccc(NC3(C(=O)O)CCOCC3)cc2COC2CCCC2)c1C. The Morgan fingerprint density at radius 2 is 1.80 bits per heavy atom. The van der Waals surface area contributed by atoms with Crippen LogP contribution in [-0.2, 0) is 20.9 Å². The number of anilines is 1. The first-order valence-electron chi connectivity index (χ1n) is 12.4. The van der Waals surface area contributed by atoms with E-state index in [-0.39, 0.29) is 11.9 Å². The minimum atomic E-state index is -1.05. The number of carbonyl (C=O) groups is 2. The number of carboxylic acid groups (broad SMARTS) is 1. The van der Waals surface area contributed by atoms with Gasteiger partial charge in [-0.2, -0.15) is 0 Å². The molecule has 188 valence electrons. The van der Waals surface area contributed by atoms with Crippen molar-refractivity contribution in [3.63, 3.8) is 0 Å². The highest BCUT2D eigenvalue weighted by Crippen LogP contribution is 2.37. The topological polar surface area (TPSA) is 94.1 Å². The van der Waals surface area contributed by atoms with Gasteiger partial charge in [0, 0.05) is 31.7 Å². The molecule has 0 amide bonds. The van der Waals surface area contributed by atoms with E-state index in [0.717, 1.165) is 40.8 Å². The summed E-state index contributed by atoms with van der Waals surface area (Å²) in [5.74, 6) is -0.336. The van der Waals surface area contributed by atoms with Crippen LogP contribution in [-0.4, -0.2) is 48.8 Å². The zero-order chi connectivity index (χ0) is 25.0. The molecule has 2 aromatic carbocycles. The van der Waals surface area contributed by atoms with E-state index in [2.05, 4.69) is 5.32 Å². The van der Waals surface area contributed by atoms with E-state index in [1.165, 1.54) is 19.8 Å². The molecule has 0 radical (unpaired) electrons. The van der Waals surface area contributed by atoms with Gasteiger partial charge in [0.1, 0.15) is 11.3 Å². The largest absolute Gasteiger partial charge is 0.496 e. The fraction of sp³-hybridized carbons (Fsp3) is 0.500. The number of carbonyl (C=O) groups excluding carboxylic acids is 1. The summed E-state index contributed by atoms with van der Waals surface area (Å²) in [5.41, 5.74) is 4.04. The molecule has 1 saturated heterocycles. The second-order valence-corrected chi connectivity index (χ2v) is 9.59. The maximum Gasteiger partial charge on any atom is 0.329 e. The van der Waals surface area contributed by atoms with Crippen molar-refractivity contribution in [2.24, 2.45) is 0 Å². The fourth-order valence-corrected chi connectivity index (χ4v) is 5.23. The summed E-state index contributed by atoms with van der Waals surface area (Å²) >= 11 is 0. The van der Waals surface area contributed by atoms with Crippen LogP contribution in [0.15, 0.2) is 30.3 Å². The molecule has 2 aromatic rings. The Bertz CT molecular complexity index is 1080. The van der Waals surface area contributed by atoms with Gasteiger partial charge in [-0.15, -0.1) is 0 Å². The minimum Gasteiger partial charge on any atom is -0.496 e. The first kappa shape index (κ1) is 25.2. The lowest BCUT2D eigenvalue weighted by molar-refractivity contribution is -0.145. The van der Waals surface area contributed by atoms with Gasteiger partial charge in [0.2, 0.25) is 0 Å². The Balaban J connectivity index is 1.72. The lowest BCUT2D eigenvalue weighted by Gasteiger charge is -2.35. The average Bonchev–Trinajstić information content (AvgIpc) is 3.37. The predicted octanol–water partition coefficient (Wildman–Crippen LogP) is 5.38. The summed E-state index contributed by atoms with van der Waals surface area (Å²) in [4.78, 5) is 24.3. The van der Waals surface area contributed by atoms with Crippen molar-refractivity contribution in [2.75, 3.05) is 25.6 Å². The quantitative estimate of drug-likeness (QED) is 0.465. The van der Waals surface area contributed by atoms with Crippen LogP contribution in [0.5, 0.6) is 5.75 Å². The number of carboxylic acids is 1. The third kappa shape index (κ3) is 5.36. The molecule has 0 atom stereocenters. The second kappa shape index (κ2) is 10.8. The third-order valence-corrected chi connectivity index (χ3v) is 7.30. The molecule has 7 nitrogen and oxygen atoms in total. The summed E-state index contributed by atoms with van der Waals surface area (Å²) in [6.45, 7) is 4.74. The highest BCUT2D eigenvalue weighted by molar-refractivity contribution is 5.98. The van der Waals surface area contributed by atoms with Crippen molar-refractivity contribution in [2.45, 2.75) is 70.6 Å². The van der Waals surface area contributed by atoms with Crippen molar-refractivity contribution in [3.05, 3.63) is 47.0 Å². The van der Waals surface area contributed by atoms with Crippen molar-refractivity contribution < 1.29 is 28.9 Å². The number of aliphatic carboxylic acids is 1. The maximum atomic E-state index is 12.2. The molecular formula is C28H35NO6. The average molecular weight is 482 g/mol. The van der Waals surface area contributed by atoms with Crippen LogP contribution >= 0.6 is 0 Å². The zero-order valence-corrected chi connectivity index (χ0v) is 20.8. The third-order valence-electron chi connectivity index (χ3n) is 7.30. The number of hydrogen-bond acceptors (Lipinski definition) is 6. The number of Topliss-reactive ketones (excluding diaryl/α,β-unsaturated/α-hetero) is 1. The number of ether oxygens (including phenoxy) is 3. The first-order valence-corrected chi connectivity index (χ1v) is 12.4. The molecule has 2 N–H and O–H groups in total. The number of benzene rings is 2. The van der Waals surface area contributed by atoms with Crippen molar-refractivity contribution in [3.8, 4) is 16.9 Å². The van der Waals surface area contributed by atoms with E-state index in [9.17, 15) is 14.7 Å². The number of rotatable bonds is 9. The molecular weight excluding hydrogens is 446 g/mol. The molecule has 1 saturated carbocycles. The zero-order valence-electron chi connectivity index (χ0n) is 20.8. The predicted molar refractivity (Wildman–Crippen MR) is 134 cm³/mol. The van der Waals surface area contributed by atoms with Gasteiger partial charge in [0.05, 0.1) is 25.4 Å². The molecule has 1 heterocycles. The van der Waals surface area contributed by atoms with Crippen LogP contribution in [0.25, 0.3) is 11.1 Å². The van der Waals surface area contributed by atoms with Gasteiger partial charge in [0.15, 0.2) is 5.78 Å². The normalized spacial score (nSPS) is 17.8. The monoisotopic (exact) mass is 481 g/mol. The van der Waals surface area contributed by atoms with Gasteiger partial charge in [-0.05, 0) is 67.1 Å². The molecule has 0 spiro atoms.